The Morgan fingerprint density at radius 1 is 0.939 bits per heavy atom. The second-order valence-corrected chi connectivity index (χ2v) is 11.6. The van der Waals surface area contributed by atoms with E-state index in [-0.39, 0.29) is 23.3 Å². The standard InChI is InChI=1S/C20H18F5NO5S2/c21-14-3-6-18(22)17(11-14)19(32(28,29)16-4-1-13(12-27)2-5-16)9-7-15(8-10-19)26-33(30,31)20(23,24)25/h1-6,11-12,15,26H,7-10H2. The van der Waals surface area contributed by atoms with Gasteiger partial charge in [0, 0.05) is 17.2 Å². The quantitative estimate of drug-likeness (QED) is 0.470. The van der Waals surface area contributed by atoms with Crippen LogP contribution in [0.15, 0.2) is 47.4 Å². The summed E-state index contributed by atoms with van der Waals surface area (Å²) in [5, 5.41) is 0. The van der Waals surface area contributed by atoms with Crippen LogP contribution in [0.4, 0.5) is 22.0 Å². The van der Waals surface area contributed by atoms with E-state index in [9.17, 15) is 43.6 Å². The first-order valence-corrected chi connectivity index (χ1v) is 12.5. The number of sulfonamides is 1. The van der Waals surface area contributed by atoms with Crippen molar-refractivity contribution in [2.75, 3.05) is 0 Å². The number of benzene rings is 2. The largest absolute Gasteiger partial charge is 0.511 e. The molecule has 13 heteroatoms. The molecule has 0 bridgehead atoms. The molecule has 0 spiro atoms. The van der Waals surface area contributed by atoms with Crippen molar-refractivity contribution < 1.29 is 43.6 Å². The normalized spacial score (nSPS) is 22.2. The summed E-state index contributed by atoms with van der Waals surface area (Å²) < 4.78 is 116. The highest BCUT2D eigenvalue weighted by Gasteiger charge is 2.52. The lowest BCUT2D eigenvalue weighted by Crippen LogP contribution is -2.48. The third-order valence-electron chi connectivity index (χ3n) is 5.68. The van der Waals surface area contributed by atoms with Crippen LogP contribution in [0, 0.1) is 11.6 Å². The van der Waals surface area contributed by atoms with Crippen molar-refractivity contribution in [3.63, 3.8) is 0 Å². The Hall–Kier alpha value is -2.38. The van der Waals surface area contributed by atoms with Crippen molar-refractivity contribution in [1.29, 1.82) is 0 Å². The smallest absolute Gasteiger partial charge is 0.298 e. The summed E-state index contributed by atoms with van der Waals surface area (Å²) in [6, 6.07) is 5.68. The summed E-state index contributed by atoms with van der Waals surface area (Å²) >= 11 is 0. The molecule has 2 aromatic rings. The molecule has 0 aromatic heterocycles. The lowest BCUT2D eigenvalue weighted by atomic mass is 9.80. The van der Waals surface area contributed by atoms with Gasteiger partial charge in [0.05, 0.1) is 4.90 Å². The molecule has 1 saturated carbocycles. The zero-order valence-corrected chi connectivity index (χ0v) is 18.4. The van der Waals surface area contributed by atoms with E-state index in [0.717, 1.165) is 24.3 Å². The van der Waals surface area contributed by atoms with Crippen LogP contribution < -0.4 is 4.72 Å². The average Bonchev–Trinajstić information content (AvgIpc) is 2.75. The number of hydrogen-bond acceptors (Lipinski definition) is 5. The molecule has 0 unspecified atom stereocenters. The fraction of sp³-hybridized carbons (Fsp3) is 0.350. The first kappa shape index (κ1) is 25.2. The highest BCUT2D eigenvalue weighted by molar-refractivity contribution is 7.92. The van der Waals surface area contributed by atoms with Gasteiger partial charge in [0.25, 0.3) is 0 Å². The molecule has 180 valence electrons. The topological polar surface area (TPSA) is 97.4 Å². The van der Waals surface area contributed by atoms with Crippen molar-refractivity contribution in [2.45, 2.75) is 46.9 Å². The Balaban J connectivity index is 2.06. The monoisotopic (exact) mass is 511 g/mol. The maximum absolute atomic E-state index is 14.8. The molecule has 1 fully saturated rings. The number of alkyl halides is 3. The number of rotatable bonds is 6. The third kappa shape index (κ3) is 4.66. The summed E-state index contributed by atoms with van der Waals surface area (Å²) in [5.41, 5.74) is -5.88. The molecule has 33 heavy (non-hydrogen) atoms. The van der Waals surface area contributed by atoms with Crippen molar-refractivity contribution in [1.82, 2.24) is 4.72 Å². The van der Waals surface area contributed by atoms with E-state index < -0.39 is 66.2 Å². The summed E-state index contributed by atoms with van der Waals surface area (Å²) in [4.78, 5) is 10.6. The van der Waals surface area contributed by atoms with E-state index in [1.54, 1.807) is 0 Å². The SMILES string of the molecule is O=Cc1ccc(S(=O)(=O)C2(c3cc(F)ccc3F)CCC(NS(=O)(=O)C(F)(F)F)CC2)cc1. The number of sulfone groups is 1. The Kier molecular flexibility index (Phi) is 6.70. The second kappa shape index (κ2) is 8.76. The van der Waals surface area contributed by atoms with Gasteiger partial charge in [-0.05, 0) is 56.0 Å². The van der Waals surface area contributed by atoms with Crippen LogP contribution in [0.1, 0.15) is 41.6 Å². The van der Waals surface area contributed by atoms with E-state index in [1.165, 1.54) is 16.9 Å². The van der Waals surface area contributed by atoms with E-state index >= 15 is 0 Å². The number of halogens is 5. The molecule has 0 saturated heterocycles. The Morgan fingerprint density at radius 2 is 1.52 bits per heavy atom. The molecule has 1 N–H and O–H groups in total. The first-order chi connectivity index (χ1) is 15.2. The van der Waals surface area contributed by atoms with Gasteiger partial charge in [0.1, 0.15) is 22.7 Å². The minimum atomic E-state index is -5.68. The van der Waals surface area contributed by atoms with Crippen molar-refractivity contribution in [3.05, 3.63) is 65.2 Å². The van der Waals surface area contributed by atoms with Gasteiger partial charge in [-0.2, -0.15) is 13.2 Å². The second-order valence-electron chi connectivity index (χ2n) is 7.65. The number of carbonyl (C=O) groups excluding carboxylic acids is 1. The van der Waals surface area contributed by atoms with Crippen LogP contribution in [0.3, 0.4) is 0 Å². The summed E-state index contributed by atoms with van der Waals surface area (Å²) in [6.45, 7) is 0. The number of aldehydes is 1. The lowest BCUT2D eigenvalue weighted by molar-refractivity contribution is -0.0452. The molecule has 0 heterocycles. The molecular weight excluding hydrogens is 493 g/mol. The van der Waals surface area contributed by atoms with Gasteiger partial charge in [0.15, 0.2) is 9.84 Å². The highest BCUT2D eigenvalue weighted by atomic mass is 32.2. The van der Waals surface area contributed by atoms with Crippen LogP contribution in [0.5, 0.6) is 0 Å². The predicted octanol–water partition coefficient (Wildman–Crippen LogP) is 3.83. The minimum Gasteiger partial charge on any atom is -0.298 e. The maximum atomic E-state index is 14.8. The van der Waals surface area contributed by atoms with Crippen LogP contribution in [0.25, 0.3) is 0 Å². The molecule has 3 rings (SSSR count). The Morgan fingerprint density at radius 3 is 2.03 bits per heavy atom. The van der Waals surface area contributed by atoms with Gasteiger partial charge in [-0.1, -0.05) is 12.1 Å². The average molecular weight is 511 g/mol. The summed E-state index contributed by atoms with van der Waals surface area (Å²) in [6.07, 6.45) is -1.23. The highest BCUT2D eigenvalue weighted by Crippen LogP contribution is 2.48. The Labute approximate surface area is 186 Å². The number of hydrogen-bond donors (Lipinski definition) is 1. The van der Waals surface area contributed by atoms with Crippen LogP contribution in [-0.4, -0.2) is 34.7 Å². The fourth-order valence-corrected chi connectivity index (χ4v) is 6.94. The van der Waals surface area contributed by atoms with Crippen LogP contribution in [0.2, 0.25) is 0 Å². The van der Waals surface area contributed by atoms with E-state index in [1.807, 2.05) is 0 Å². The fourth-order valence-electron chi connectivity index (χ4n) is 3.97. The van der Waals surface area contributed by atoms with Crippen LogP contribution >= 0.6 is 0 Å². The van der Waals surface area contributed by atoms with E-state index in [0.29, 0.717) is 12.4 Å². The summed E-state index contributed by atoms with van der Waals surface area (Å²) in [7, 11) is -10.1. The minimum absolute atomic E-state index is 0.171. The van der Waals surface area contributed by atoms with Gasteiger partial charge >= 0.3 is 15.5 Å². The molecule has 2 aromatic carbocycles. The Bertz CT molecular complexity index is 1250. The first-order valence-electron chi connectivity index (χ1n) is 9.57. The summed E-state index contributed by atoms with van der Waals surface area (Å²) in [5.74, 6) is -1.95. The third-order valence-corrected chi connectivity index (χ3v) is 9.48. The molecule has 0 amide bonds. The van der Waals surface area contributed by atoms with Gasteiger partial charge in [0.2, 0.25) is 0 Å². The van der Waals surface area contributed by atoms with Crippen molar-refractivity contribution in [3.8, 4) is 0 Å². The van der Waals surface area contributed by atoms with Crippen molar-refractivity contribution in [2.24, 2.45) is 0 Å². The number of nitrogens with one attached hydrogen (secondary N) is 1. The van der Waals surface area contributed by atoms with Gasteiger partial charge in [-0.25, -0.2) is 30.3 Å². The zero-order chi connectivity index (χ0) is 24.7. The number of carbonyl (C=O) groups is 1. The van der Waals surface area contributed by atoms with E-state index in [2.05, 4.69) is 0 Å². The molecule has 1 aliphatic carbocycles. The van der Waals surface area contributed by atoms with Crippen molar-refractivity contribution >= 4 is 26.1 Å². The van der Waals surface area contributed by atoms with E-state index in [4.69, 9.17) is 0 Å². The van der Waals surface area contributed by atoms with Gasteiger partial charge in [-0.3, -0.25) is 4.79 Å². The van der Waals surface area contributed by atoms with Gasteiger partial charge < -0.3 is 0 Å². The lowest BCUT2D eigenvalue weighted by Gasteiger charge is -2.40. The van der Waals surface area contributed by atoms with Gasteiger partial charge in [-0.15, -0.1) is 0 Å². The molecule has 0 aliphatic heterocycles. The van der Waals surface area contributed by atoms with Crippen LogP contribution in [-0.2, 0) is 24.6 Å². The molecule has 6 nitrogen and oxygen atoms in total. The zero-order valence-electron chi connectivity index (χ0n) is 16.8. The predicted molar refractivity (Wildman–Crippen MR) is 107 cm³/mol. The molecular formula is C20H18F5NO5S2. The molecule has 0 radical (unpaired) electrons. The molecule has 0 atom stereocenters. The molecule has 1 aliphatic rings. The maximum Gasteiger partial charge on any atom is 0.511 e.